The van der Waals surface area contributed by atoms with E-state index in [-0.39, 0.29) is 18.2 Å². The Morgan fingerprint density at radius 2 is 1.89 bits per heavy atom. The molecule has 1 saturated heterocycles. The van der Waals surface area contributed by atoms with Crippen LogP contribution in [0.15, 0.2) is 54.6 Å². The molecular weight excluding hydrogens is 352 g/mol. The van der Waals surface area contributed by atoms with Gasteiger partial charge in [-0.25, -0.2) is 9.78 Å². The minimum absolute atomic E-state index is 0.00421. The van der Waals surface area contributed by atoms with Crippen molar-refractivity contribution in [3.05, 3.63) is 66.0 Å². The van der Waals surface area contributed by atoms with E-state index in [0.29, 0.717) is 26.2 Å². The molecule has 1 aliphatic rings. The molecule has 1 aromatic heterocycles. The van der Waals surface area contributed by atoms with Gasteiger partial charge in [0.2, 0.25) is 0 Å². The molecule has 2 amide bonds. The van der Waals surface area contributed by atoms with Gasteiger partial charge in [0, 0.05) is 19.6 Å². The van der Waals surface area contributed by atoms with Crippen molar-refractivity contribution in [1.82, 2.24) is 19.8 Å². The number of nitrogens with one attached hydrogen (secondary N) is 1. The SMILES string of the molecule is Cc1nc2ccccc2n1CCNC(=O)N1C[C@H](C)O[C@@H](c2ccccc2)C1. The number of fused-ring (bicyclic) bond motifs is 1. The molecule has 2 atom stereocenters. The fraction of sp³-hybridized carbons (Fsp3) is 0.364. The summed E-state index contributed by atoms with van der Waals surface area (Å²) in [7, 11) is 0. The number of carbonyl (C=O) groups excluding carboxylic acids is 1. The summed E-state index contributed by atoms with van der Waals surface area (Å²) in [5.74, 6) is 0.958. The van der Waals surface area contributed by atoms with E-state index in [1.807, 2.05) is 67.3 Å². The monoisotopic (exact) mass is 378 g/mol. The standard InChI is InChI=1S/C22H26N4O2/c1-16-14-25(15-21(28-16)18-8-4-3-5-9-18)22(27)23-12-13-26-17(2)24-19-10-6-7-11-20(19)26/h3-11,16,21H,12-15H2,1-2H3,(H,23,27)/t16-,21+/m0/s1. The minimum atomic E-state index is -0.0875. The molecule has 3 aromatic rings. The Kier molecular flexibility index (Phi) is 5.30. The number of imidazole rings is 1. The number of hydrogen-bond donors (Lipinski definition) is 1. The van der Waals surface area contributed by atoms with Crippen molar-refractivity contribution in [1.29, 1.82) is 0 Å². The number of benzene rings is 2. The highest BCUT2D eigenvalue weighted by atomic mass is 16.5. The normalized spacial score (nSPS) is 19.7. The highest BCUT2D eigenvalue weighted by molar-refractivity contribution is 5.76. The largest absolute Gasteiger partial charge is 0.367 e. The van der Waals surface area contributed by atoms with Gasteiger partial charge < -0.3 is 19.5 Å². The van der Waals surface area contributed by atoms with E-state index >= 15 is 0 Å². The molecule has 2 aromatic carbocycles. The summed E-state index contributed by atoms with van der Waals surface area (Å²) in [6.45, 7) is 6.42. The van der Waals surface area contributed by atoms with E-state index in [2.05, 4.69) is 20.9 Å². The third kappa shape index (κ3) is 3.87. The Hall–Kier alpha value is -2.86. The third-order valence-corrected chi connectivity index (χ3v) is 5.18. The minimum Gasteiger partial charge on any atom is -0.367 e. The van der Waals surface area contributed by atoms with Crippen LogP contribution in [0.2, 0.25) is 0 Å². The van der Waals surface area contributed by atoms with Crippen LogP contribution in [0.25, 0.3) is 11.0 Å². The number of amides is 2. The first-order chi connectivity index (χ1) is 13.6. The van der Waals surface area contributed by atoms with Gasteiger partial charge in [0.25, 0.3) is 0 Å². The van der Waals surface area contributed by atoms with Crippen molar-refractivity contribution >= 4 is 17.1 Å². The number of carbonyl (C=O) groups is 1. The molecule has 0 unspecified atom stereocenters. The van der Waals surface area contributed by atoms with Crippen LogP contribution in [-0.2, 0) is 11.3 Å². The van der Waals surface area contributed by atoms with Gasteiger partial charge in [-0.1, -0.05) is 42.5 Å². The van der Waals surface area contributed by atoms with Crippen molar-refractivity contribution in [2.24, 2.45) is 0 Å². The number of aromatic nitrogens is 2. The molecular formula is C22H26N4O2. The highest BCUT2D eigenvalue weighted by Crippen LogP contribution is 2.25. The lowest BCUT2D eigenvalue weighted by Gasteiger charge is -2.37. The number of rotatable bonds is 4. The van der Waals surface area contributed by atoms with Crippen LogP contribution in [0.1, 0.15) is 24.4 Å². The average molecular weight is 378 g/mol. The lowest BCUT2D eigenvalue weighted by atomic mass is 10.1. The molecule has 1 fully saturated rings. The van der Waals surface area contributed by atoms with Crippen molar-refractivity contribution in [2.75, 3.05) is 19.6 Å². The molecule has 28 heavy (non-hydrogen) atoms. The number of morpholine rings is 1. The van der Waals surface area contributed by atoms with Crippen LogP contribution in [-0.4, -0.2) is 46.2 Å². The second kappa shape index (κ2) is 8.02. The third-order valence-electron chi connectivity index (χ3n) is 5.18. The van der Waals surface area contributed by atoms with E-state index in [0.717, 1.165) is 22.4 Å². The fourth-order valence-corrected chi connectivity index (χ4v) is 3.83. The predicted molar refractivity (Wildman–Crippen MR) is 109 cm³/mol. The average Bonchev–Trinajstić information content (AvgIpc) is 3.03. The molecule has 1 aliphatic heterocycles. The molecule has 2 heterocycles. The molecule has 146 valence electrons. The van der Waals surface area contributed by atoms with Crippen LogP contribution >= 0.6 is 0 Å². The number of hydrogen-bond acceptors (Lipinski definition) is 3. The Bertz CT molecular complexity index is 954. The maximum absolute atomic E-state index is 12.7. The van der Waals surface area contributed by atoms with Gasteiger partial charge >= 0.3 is 6.03 Å². The van der Waals surface area contributed by atoms with E-state index in [9.17, 15) is 4.79 Å². The van der Waals surface area contributed by atoms with Gasteiger partial charge in [-0.15, -0.1) is 0 Å². The summed E-state index contributed by atoms with van der Waals surface area (Å²) in [4.78, 5) is 19.2. The summed E-state index contributed by atoms with van der Waals surface area (Å²) in [6.07, 6.45) is -0.0833. The molecule has 0 radical (unpaired) electrons. The summed E-state index contributed by atoms with van der Waals surface area (Å²) in [5, 5.41) is 3.06. The van der Waals surface area contributed by atoms with Crippen molar-refractivity contribution in [3.63, 3.8) is 0 Å². The van der Waals surface area contributed by atoms with Crippen LogP contribution < -0.4 is 5.32 Å². The topological polar surface area (TPSA) is 59.4 Å². The zero-order valence-corrected chi connectivity index (χ0v) is 16.3. The van der Waals surface area contributed by atoms with Crippen LogP contribution in [0, 0.1) is 6.92 Å². The molecule has 0 aliphatic carbocycles. The zero-order chi connectivity index (χ0) is 19.5. The Balaban J connectivity index is 1.37. The maximum atomic E-state index is 12.7. The van der Waals surface area contributed by atoms with Gasteiger partial charge in [-0.05, 0) is 31.5 Å². The van der Waals surface area contributed by atoms with Crippen molar-refractivity contribution < 1.29 is 9.53 Å². The number of aryl methyl sites for hydroxylation is 1. The summed E-state index contributed by atoms with van der Waals surface area (Å²) in [5.41, 5.74) is 3.18. The molecule has 1 N–H and O–H groups in total. The Morgan fingerprint density at radius 3 is 2.71 bits per heavy atom. The Labute approximate surface area is 165 Å². The van der Waals surface area contributed by atoms with Gasteiger partial charge in [0.1, 0.15) is 11.9 Å². The number of nitrogens with zero attached hydrogens (tertiary/aromatic N) is 3. The summed E-state index contributed by atoms with van der Waals surface area (Å²) >= 11 is 0. The zero-order valence-electron chi connectivity index (χ0n) is 16.3. The van der Waals surface area contributed by atoms with Crippen molar-refractivity contribution in [2.45, 2.75) is 32.6 Å². The number of para-hydroxylation sites is 2. The second-order valence-electron chi connectivity index (χ2n) is 7.28. The number of urea groups is 1. The second-order valence-corrected chi connectivity index (χ2v) is 7.28. The lowest BCUT2D eigenvalue weighted by Crippen LogP contribution is -2.50. The first-order valence-electron chi connectivity index (χ1n) is 9.77. The van der Waals surface area contributed by atoms with Crippen LogP contribution in [0.3, 0.4) is 0 Å². The quantitative estimate of drug-likeness (QED) is 0.756. The lowest BCUT2D eigenvalue weighted by molar-refractivity contribution is -0.0656. The highest BCUT2D eigenvalue weighted by Gasteiger charge is 2.29. The van der Waals surface area contributed by atoms with E-state index in [4.69, 9.17) is 4.74 Å². The Morgan fingerprint density at radius 1 is 1.14 bits per heavy atom. The van der Waals surface area contributed by atoms with Gasteiger partial charge in [-0.2, -0.15) is 0 Å². The first kappa shape index (κ1) is 18.5. The first-order valence-corrected chi connectivity index (χ1v) is 9.77. The molecule has 4 rings (SSSR count). The molecule has 0 spiro atoms. The van der Waals surface area contributed by atoms with E-state index in [1.165, 1.54) is 0 Å². The van der Waals surface area contributed by atoms with Crippen molar-refractivity contribution in [3.8, 4) is 0 Å². The summed E-state index contributed by atoms with van der Waals surface area (Å²) < 4.78 is 8.19. The molecule has 6 nitrogen and oxygen atoms in total. The van der Waals surface area contributed by atoms with E-state index in [1.54, 1.807) is 0 Å². The summed E-state index contributed by atoms with van der Waals surface area (Å²) in [6, 6.07) is 18.1. The molecule has 6 heteroatoms. The fourth-order valence-electron chi connectivity index (χ4n) is 3.83. The molecule has 0 bridgehead atoms. The number of ether oxygens (including phenoxy) is 1. The maximum Gasteiger partial charge on any atom is 0.317 e. The smallest absolute Gasteiger partial charge is 0.317 e. The van der Waals surface area contributed by atoms with Crippen LogP contribution in [0.5, 0.6) is 0 Å². The van der Waals surface area contributed by atoms with Gasteiger partial charge in [0.15, 0.2) is 0 Å². The van der Waals surface area contributed by atoms with Crippen LogP contribution in [0.4, 0.5) is 4.79 Å². The van der Waals surface area contributed by atoms with Gasteiger partial charge in [-0.3, -0.25) is 0 Å². The van der Waals surface area contributed by atoms with E-state index < -0.39 is 0 Å². The molecule has 0 saturated carbocycles. The van der Waals surface area contributed by atoms with Gasteiger partial charge in [0.05, 0.1) is 23.7 Å². The predicted octanol–water partition coefficient (Wildman–Crippen LogP) is 3.52.